The van der Waals surface area contributed by atoms with Crippen LogP contribution >= 0.6 is 0 Å². The zero-order valence-corrected chi connectivity index (χ0v) is 37.5. The summed E-state index contributed by atoms with van der Waals surface area (Å²) < 4.78 is 16.8. The van der Waals surface area contributed by atoms with Gasteiger partial charge in [-0.15, -0.1) is 0 Å². The van der Waals surface area contributed by atoms with Crippen molar-refractivity contribution in [2.24, 2.45) is 5.73 Å². The first-order chi connectivity index (χ1) is 27.6. The molecule has 0 saturated heterocycles. The first-order valence-corrected chi connectivity index (χ1v) is 20.2. The van der Waals surface area contributed by atoms with Gasteiger partial charge in [0.15, 0.2) is 0 Å². The topological polar surface area (TPSA) is 152 Å². The molecule has 0 radical (unpaired) electrons. The number of carbonyl (C=O) groups excluding carboxylic acids is 2. The van der Waals surface area contributed by atoms with Crippen molar-refractivity contribution in [3.05, 3.63) is 106 Å². The van der Waals surface area contributed by atoms with Crippen molar-refractivity contribution in [2.45, 2.75) is 109 Å². The highest BCUT2D eigenvalue weighted by atomic mass is 16.5. The minimum atomic E-state index is 0.0248. The van der Waals surface area contributed by atoms with E-state index in [4.69, 9.17) is 14.2 Å². The van der Waals surface area contributed by atoms with E-state index in [9.17, 15) is 19.8 Å². The van der Waals surface area contributed by atoms with Crippen molar-refractivity contribution in [3.63, 3.8) is 0 Å². The number of rotatable bonds is 15. The van der Waals surface area contributed by atoms with E-state index < -0.39 is 0 Å². The fourth-order valence-corrected chi connectivity index (χ4v) is 5.05. The average molecular weight is 794 g/mol. The molecule has 0 aromatic heterocycles. The van der Waals surface area contributed by atoms with E-state index in [-0.39, 0.29) is 17.4 Å². The van der Waals surface area contributed by atoms with Gasteiger partial charge in [-0.05, 0) is 136 Å². The van der Waals surface area contributed by atoms with E-state index in [1.54, 1.807) is 55.6 Å². The van der Waals surface area contributed by atoms with Crippen molar-refractivity contribution in [1.82, 2.24) is 10.6 Å². The highest BCUT2D eigenvalue weighted by molar-refractivity contribution is 5.76. The minimum absolute atomic E-state index is 0.0248. The van der Waals surface area contributed by atoms with Crippen LogP contribution < -0.4 is 25.8 Å². The molecular weight excluding hydrogens is 719 g/mol. The number of methoxy groups -OCH3 is 1. The highest BCUT2D eigenvalue weighted by Gasteiger charge is 2.10. The van der Waals surface area contributed by atoms with Crippen LogP contribution in [0.5, 0.6) is 34.5 Å². The average Bonchev–Trinajstić information content (AvgIpc) is 3.24. The molecule has 4 rings (SSSR count). The van der Waals surface area contributed by atoms with Crippen LogP contribution in [-0.4, -0.2) is 56.4 Å². The predicted octanol–water partition coefficient (Wildman–Crippen LogP) is 10.7. The molecule has 0 bridgehead atoms. The van der Waals surface area contributed by atoms with Gasteiger partial charge in [0.25, 0.3) is 0 Å². The summed E-state index contributed by atoms with van der Waals surface area (Å²) in [6.07, 6.45) is 3.68. The van der Waals surface area contributed by atoms with Crippen LogP contribution in [0.3, 0.4) is 0 Å². The first-order valence-electron chi connectivity index (χ1n) is 20.2. The Labute approximate surface area is 345 Å². The van der Waals surface area contributed by atoms with Gasteiger partial charge in [0, 0.05) is 26.6 Å². The summed E-state index contributed by atoms with van der Waals surface area (Å²) in [5, 5.41) is 24.1. The summed E-state index contributed by atoms with van der Waals surface area (Å²) >= 11 is 0. The van der Waals surface area contributed by atoms with Gasteiger partial charge in [-0.1, -0.05) is 79.7 Å². The number of hydrogen-bond donors (Lipinski definition) is 5. The predicted molar refractivity (Wildman–Crippen MR) is 239 cm³/mol. The third kappa shape index (κ3) is 24.2. The summed E-state index contributed by atoms with van der Waals surface area (Å²) in [5.41, 5.74) is 11.0. The van der Waals surface area contributed by atoms with Crippen LogP contribution in [-0.2, 0) is 27.2 Å². The van der Waals surface area contributed by atoms with Crippen LogP contribution in [0.4, 0.5) is 0 Å². The fourth-order valence-electron chi connectivity index (χ4n) is 5.05. The standard InChI is InChI=1S/C20H25NO4.C18H21NO3.4C2H6.CH5N/c1-14-12-16(4-9-19(23)21-10-11-24-3)13-15(2)20(14)25-18-7-5-17(22)6-8-18;1-13-10-15(4-3-9-19-12-20)11-14(2)18(13)22-17-7-5-16(21)6-8-17;5*1-2/h5-8,12-13,22H,4,9-11H2,1-3H3,(H,21,23);5-8,10-12,21H,3-4,9H2,1-2H3,(H,19,20);4*1-2H3;2H2,1H3. The summed E-state index contributed by atoms with van der Waals surface area (Å²) in [4.78, 5) is 22.0. The SMILES string of the molecule is CC.CC.CC.CC.CN.COCCNC(=O)CCc1cc(C)c(Oc2ccc(O)cc2)c(C)c1.Cc1cc(CCCNC=O)cc(C)c1Oc1ccc(O)cc1. The fraction of sp³-hybridized carbons (Fsp3) is 0.447. The van der Waals surface area contributed by atoms with Gasteiger partial charge in [0.05, 0.1) is 6.61 Å². The lowest BCUT2D eigenvalue weighted by Gasteiger charge is -2.14. The Hall–Kier alpha value is -5.06. The second-order valence-electron chi connectivity index (χ2n) is 11.3. The van der Waals surface area contributed by atoms with Crippen molar-refractivity contribution in [2.75, 3.05) is 33.9 Å². The van der Waals surface area contributed by atoms with E-state index >= 15 is 0 Å². The number of carbonyl (C=O) groups is 2. The van der Waals surface area contributed by atoms with E-state index in [0.29, 0.717) is 44.0 Å². The van der Waals surface area contributed by atoms with Gasteiger partial charge < -0.3 is 40.8 Å². The molecule has 4 aromatic rings. The second-order valence-corrected chi connectivity index (χ2v) is 11.3. The monoisotopic (exact) mass is 794 g/mol. The smallest absolute Gasteiger partial charge is 0.220 e. The number of phenols is 2. The van der Waals surface area contributed by atoms with E-state index in [0.717, 1.165) is 58.6 Å². The quantitative estimate of drug-likeness (QED) is 0.0589. The number of phenolic OH excluding ortho intramolecular Hbond substituents is 2. The van der Waals surface area contributed by atoms with Crippen LogP contribution in [0.1, 0.15) is 102 Å². The molecule has 10 nitrogen and oxygen atoms in total. The number of nitrogens with one attached hydrogen (secondary N) is 2. The molecule has 0 spiro atoms. The second kappa shape index (κ2) is 36.6. The Morgan fingerprint density at radius 1 is 0.632 bits per heavy atom. The Kier molecular flexibility index (Phi) is 36.1. The molecule has 320 valence electrons. The van der Waals surface area contributed by atoms with Crippen LogP contribution in [0.15, 0.2) is 72.8 Å². The maximum Gasteiger partial charge on any atom is 0.220 e. The van der Waals surface area contributed by atoms with Gasteiger partial charge >= 0.3 is 0 Å². The van der Waals surface area contributed by atoms with E-state index in [1.165, 1.54) is 12.6 Å². The van der Waals surface area contributed by atoms with Crippen LogP contribution in [0.2, 0.25) is 0 Å². The molecule has 10 heteroatoms. The molecule has 0 heterocycles. The lowest BCUT2D eigenvalue weighted by molar-refractivity contribution is -0.121. The zero-order chi connectivity index (χ0) is 44.2. The summed E-state index contributed by atoms with van der Waals surface area (Å²) in [6, 6.07) is 21.7. The van der Waals surface area contributed by atoms with Crippen LogP contribution in [0.25, 0.3) is 0 Å². The van der Waals surface area contributed by atoms with Crippen molar-refractivity contribution < 1.29 is 34.0 Å². The van der Waals surface area contributed by atoms with Crippen molar-refractivity contribution in [1.29, 1.82) is 0 Å². The van der Waals surface area contributed by atoms with Gasteiger partial charge in [0.2, 0.25) is 12.3 Å². The molecule has 6 N–H and O–H groups in total. The molecule has 0 saturated carbocycles. The zero-order valence-electron chi connectivity index (χ0n) is 37.5. The number of aryl methyl sites for hydroxylation is 6. The molecule has 0 unspecified atom stereocenters. The number of amides is 2. The Morgan fingerprint density at radius 2 is 1.00 bits per heavy atom. The Balaban J connectivity index is -0.000000843. The van der Waals surface area contributed by atoms with Gasteiger partial charge in [-0.25, -0.2) is 0 Å². The molecule has 4 aromatic carbocycles. The van der Waals surface area contributed by atoms with Gasteiger partial charge in [0.1, 0.15) is 34.5 Å². The number of hydrogen-bond acceptors (Lipinski definition) is 8. The lowest BCUT2D eigenvalue weighted by Crippen LogP contribution is -2.27. The number of nitrogens with two attached hydrogens (primary N) is 1. The minimum Gasteiger partial charge on any atom is -0.508 e. The number of ether oxygens (including phenoxy) is 3. The summed E-state index contributed by atoms with van der Waals surface area (Å²) in [7, 11) is 3.11. The third-order valence-electron chi connectivity index (χ3n) is 7.29. The third-order valence-corrected chi connectivity index (χ3v) is 7.29. The molecule has 0 aliphatic carbocycles. The summed E-state index contributed by atoms with van der Waals surface area (Å²) in [6.45, 7) is 25.8. The van der Waals surface area contributed by atoms with Crippen LogP contribution in [0, 0.1) is 27.7 Å². The molecule has 0 aliphatic rings. The van der Waals surface area contributed by atoms with Gasteiger partial charge in [-0.3, -0.25) is 9.59 Å². The molecule has 0 fully saturated rings. The Morgan fingerprint density at radius 3 is 1.35 bits per heavy atom. The number of benzene rings is 4. The maximum atomic E-state index is 11.8. The van der Waals surface area contributed by atoms with Crippen molar-refractivity contribution in [3.8, 4) is 34.5 Å². The maximum absolute atomic E-state index is 11.8. The lowest BCUT2D eigenvalue weighted by atomic mass is 10.0. The van der Waals surface area contributed by atoms with E-state index in [2.05, 4.69) is 28.5 Å². The molecule has 57 heavy (non-hydrogen) atoms. The highest BCUT2D eigenvalue weighted by Crippen LogP contribution is 2.32. The molecular formula is C47H75N3O7. The summed E-state index contributed by atoms with van der Waals surface area (Å²) in [5.74, 6) is 3.48. The molecule has 2 amide bonds. The largest absolute Gasteiger partial charge is 0.508 e. The van der Waals surface area contributed by atoms with E-state index in [1.807, 2.05) is 95.2 Å². The normalized spacial score (nSPS) is 9.11. The Bertz CT molecular complexity index is 1550. The van der Waals surface area contributed by atoms with Crippen molar-refractivity contribution >= 4 is 12.3 Å². The molecule has 0 atom stereocenters. The number of aromatic hydroxyl groups is 2. The van der Waals surface area contributed by atoms with Gasteiger partial charge in [-0.2, -0.15) is 0 Å². The molecule has 0 aliphatic heterocycles. The first kappa shape index (κ1) is 56.3.